The van der Waals surface area contributed by atoms with Crippen molar-refractivity contribution in [1.29, 1.82) is 0 Å². The highest BCUT2D eigenvalue weighted by Gasteiger charge is 2.26. The first-order chi connectivity index (χ1) is 13.1. The van der Waals surface area contributed by atoms with Crippen LogP contribution >= 0.6 is 0 Å². The first-order valence-corrected chi connectivity index (χ1v) is 9.65. The number of carbonyl (C=O) groups excluding carboxylic acids is 1. The maximum Gasteiger partial charge on any atom is 0.303 e. The van der Waals surface area contributed by atoms with E-state index in [9.17, 15) is 9.59 Å². The number of likely N-dealkylation sites (tertiary alicyclic amines) is 1. The third-order valence-electron chi connectivity index (χ3n) is 5.03. The van der Waals surface area contributed by atoms with Crippen LogP contribution in [0.1, 0.15) is 50.8 Å². The molecule has 27 heavy (non-hydrogen) atoms. The Morgan fingerprint density at radius 3 is 2.78 bits per heavy atom. The molecular formula is C21H26N2O4. The molecule has 0 radical (unpaired) electrons. The summed E-state index contributed by atoms with van der Waals surface area (Å²) >= 11 is 0. The average Bonchev–Trinajstić information content (AvgIpc) is 3.16. The fourth-order valence-electron chi connectivity index (χ4n) is 3.62. The van der Waals surface area contributed by atoms with Gasteiger partial charge in [0.25, 0.3) is 0 Å². The predicted octanol–water partition coefficient (Wildman–Crippen LogP) is 3.91. The summed E-state index contributed by atoms with van der Waals surface area (Å²) in [5.41, 5.74) is 0.988. The van der Waals surface area contributed by atoms with Crippen molar-refractivity contribution < 1.29 is 19.1 Å². The second-order valence-electron chi connectivity index (χ2n) is 7.01. The molecule has 0 bridgehead atoms. The van der Waals surface area contributed by atoms with Crippen LogP contribution in [-0.4, -0.2) is 39.5 Å². The zero-order chi connectivity index (χ0) is 19.1. The molecule has 6 nitrogen and oxygen atoms in total. The second-order valence-corrected chi connectivity index (χ2v) is 7.01. The maximum absolute atomic E-state index is 12.6. The number of amides is 1. The van der Waals surface area contributed by atoms with E-state index in [1.54, 1.807) is 6.20 Å². The Kier molecular flexibility index (Phi) is 6.63. The number of aromatic nitrogens is 1. The monoisotopic (exact) mass is 370 g/mol. The van der Waals surface area contributed by atoms with Gasteiger partial charge >= 0.3 is 5.97 Å². The topological polar surface area (TPSA) is 83.6 Å². The van der Waals surface area contributed by atoms with E-state index < -0.39 is 5.97 Å². The highest BCUT2D eigenvalue weighted by atomic mass is 16.4. The van der Waals surface area contributed by atoms with Crippen LogP contribution in [0.2, 0.25) is 0 Å². The number of oxazole rings is 1. The predicted molar refractivity (Wildman–Crippen MR) is 101 cm³/mol. The van der Waals surface area contributed by atoms with Gasteiger partial charge in [-0.25, -0.2) is 4.98 Å². The zero-order valence-corrected chi connectivity index (χ0v) is 15.5. The van der Waals surface area contributed by atoms with Crippen molar-refractivity contribution in [3.05, 3.63) is 42.4 Å². The van der Waals surface area contributed by atoms with E-state index in [4.69, 9.17) is 9.52 Å². The zero-order valence-electron chi connectivity index (χ0n) is 15.5. The Labute approximate surface area is 159 Å². The molecule has 0 aliphatic carbocycles. The fraction of sp³-hybridized carbons (Fsp3) is 0.476. The van der Waals surface area contributed by atoms with Crippen LogP contribution < -0.4 is 0 Å². The van der Waals surface area contributed by atoms with Crippen LogP contribution in [0.5, 0.6) is 0 Å². The number of carboxylic acids is 1. The van der Waals surface area contributed by atoms with Gasteiger partial charge < -0.3 is 14.4 Å². The highest BCUT2D eigenvalue weighted by Crippen LogP contribution is 2.23. The van der Waals surface area contributed by atoms with Gasteiger partial charge in [-0.1, -0.05) is 30.3 Å². The van der Waals surface area contributed by atoms with Crippen LogP contribution in [0.15, 0.2) is 40.9 Å². The summed E-state index contributed by atoms with van der Waals surface area (Å²) in [6.07, 6.45) is 7.07. The lowest BCUT2D eigenvalue weighted by Crippen LogP contribution is -2.43. The molecule has 1 amide bonds. The number of hydrogen-bond acceptors (Lipinski definition) is 4. The molecule has 1 saturated heterocycles. The quantitative estimate of drug-likeness (QED) is 0.762. The van der Waals surface area contributed by atoms with Gasteiger partial charge in [0, 0.05) is 37.4 Å². The molecule has 0 saturated carbocycles. The molecule has 1 aromatic carbocycles. The lowest BCUT2D eigenvalue weighted by atomic mass is 9.97. The van der Waals surface area contributed by atoms with E-state index in [-0.39, 0.29) is 18.4 Å². The van der Waals surface area contributed by atoms with Crippen molar-refractivity contribution in [2.45, 2.75) is 57.4 Å². The van der Waals surface area contributed by atoms with E-state index in [1.807, 2.05) is 35.2 Å². The van der Waals surface area contributed by atoms with Gasteiger partial charge in [-0.3, -0.25) is 9.59 Å². The molecule has 0 unspecified atom stereocenters. The molecule has 1 atom stereocenters. The number of nitrogens with zero attached hydrogens (tertiary/aromatic N) is 2. The maximum atomic E-state index is 12.6. The smallest absolute Gasteiger partial charge is 0.303 e. The molecule has 0 spiro atoms. The van der Waals surface area contributed by atoms with Crippen molar-refractivity contribution >= 4 is 11.9 Å². The van der Waals surface area contributed by atoms with E-state index >= 15 is 0 Å². The summed E-state index contributed by atoms with van der Waals surface area (Å²) in [6.45, 7) is 0.736. The summed E-state index contributed by atoms with van der Waals surface area (Å²) in [5.74, 6) is 0.690. The number of carboxylic acid groups (broad SMARTS) is 1. The van der Waals surface area contributed by atoms with Gasteiger partial charge in [-0.15, -0.1) is 0 Å². The number of carbonyl (C=O) groups is 2. The van der Waals surface area contributed by atoms with Crippen LogP contribution in [0.3, 0.4) is 0 Å². The Hall–Kier alpha value is -2.63. The molecule has 144 valence electrons. The largest absolute Gasteiger partial charge is 0.481 e. The lowest BCUT2D eigenvalue weighted by Gasteiger charge is -2.35. The SMILES string of the molecule is O=C(O)CC[C@H]1CCCCN1C(=O)CCCc1ncc(-c2ccccc2)o1. The molecule has 1 aliphatic rings. The summed E-state index contributed by atoms with van der Waals surface area (Å²) in [6, 6.07) is 9.87. The van der Waals surface area contributed by atoms with E-state index in [0.717, 1.165) is 37.1 Å². The molecule has 2 heterocycles. The van der Waals surface area contributed by atoms with Crippen LogP contribution in [0, 0.1) is 0 Å². The Morgan fingerprint density at radius 2 is 2.00 bits per heavy atom. The molecule has 6 heteroatoms. The second kappa shape index (κ2) is 9.35. The first-order valence-electron chi connectivity index (χ1n) is 9.65. The Bertz CT molecular complexity index is 757. The number of piperidine rings is 1. The van der Waals surface area contributed by atoms with Crippen LogP contribution in [-0.2, 0) is 16.0 Å². The minimum Gasteiger partial charge on any atom is -0.481 e. The summed E-state index contributed by atoms with van der Waals surface area (Å²) in [4.78, 5) is 29.6. The third kappa shape index (κ3) is 5.42. The van der Waals surface area contributed by atoms with Crippen molar-refractivity contribution in [3.8, 4) is 11.3 Å². The number of aryl methyl sites for hydroxylation is 1. The minimum absolute atomic E-state index is 0.0637. The molecule has 1 aromatic heterocycles. The van der Waals surface area contributed by atoms with E-state index in [1.165, 1.54) is 0 Å². The molecule has 1 N–H and O–H groups in total. The van der Waals surface area contributed by atoms with Gasteiger partial charge in [-0.2, -0.15) is 0 Å². The molecular weight excluding hydrogens is 344 g/mol. The number of rotatable bonds is 8. The average molecular weight is 370 g/mol. The van der Waals surface area contributed by atoms with Crippen molar-refractivity contribution in [2.24, 2.45) is 0 Å². The molecule has 1 aliphatic heterocycles. The number of aliphatic carboxylic acids is 1. The van der Waals surface area contributed by atoms with Gasteiger partial charge in [0.2, 0.25) is 5.91 Å². The molecule has 2 aromatic rings. The fourth-order valence-corrected chi connectivity index (χ4v) is 3.62. The summed E-state index contributed by atoms with van der Waals surface area (Å²) < 4.78 is 5.78. The molecule has 3 rings (SSSR count). The number of hydrogen-bond donors (Lipinski definition) is 1. The van der Waals surface area contributed by atoms with E-state index in [2.05, 4.69) is 4.98 Å². The molecule has 1 fully saturated rings. The lowest BCUT2D eigenvalue weighted by molar-refractivity contribution is -0.140. The van der Waals surface area contributed by atoms with Crippen LogP contribution in [0.25, 0.3) is 11.3 Å². The standard InChI is InChI=1S/C21H26N2O4/c24-20(23-14-5-4-9-17(23)12-13-21(25)26)11-6-10-19-22-15-18(27-19)16-7-2-1-3-8-16/h1-3,7-8,15,17H,4-6,9-14H2,(H,25,26)/t17-/m1/s1. The van der Waals surface area contributed by atoms with Crippen molar-refractivity contribution in [3.63, 3.8) is 0 Å². The van der Waals surface area contributed by atoms with Gasteiger partial charge in [-0.05, 0) is 32.1 Å². The normalized spacial score (nSPS) is 17.0. The van der Waals surface area contributed by atoms with Gasteiger partial charge in [0.15, 0.2) is 11.7 Å². The Balaban J connectivity index is 1.48. The third-order valence-corrected chi connectivity index (χ3v) is 5.03. The van der Waals surface area contributed by atoms with Crippen molar-refractivity contribution in [1.82, 2.24) is 9.88 Å². The summed E-state index contributed by atoms with van der Waals surface area (Å²) in [7, 11) is 0. The van der Waals surface area contributed by atoms with Crippen molar-refractivity contribution in [2.75, 3.05) is 6.54 Å². The summed E-state index contributed by atoms with van der Waals surface area (Å²) in [5, 5.41) is 8.90. The minimum atomic E-state index is -0.800. The first kappa shape index (κ1) is 19.1. The highest BCUT2D eigenvalue weighted by molar-refractivity contribution is 5.76. The van der Waals surface area contributed by atoms with E-state index in [0.29, 0.717) is 31.6 Å². The number of benzene rings is 1. The van der Waals surface area contributed by atoms with Gasteiger partial charge in [0.1, 0.15) is 0 Å². The Morgan fingerprint density at radius 1 is 1.19 bits per heavy atom. The van der Waals surface area contributed by atoms with Crippen LogP contribution in [0.4, 0.5) is 0 Å². The van der Waals surface area contributed by atoms with Gasteiger partial charge in [0.05, 0.1) is 6.20 Å².